The Morgan fingerprint density at radius 3 is 2.38 bits per heavy atom. The number of ether oxygens (including phenoxy) is 1. The lowest BCUT2D eigenvalue weighted by Gasteiger charge is -2.58. The predicted octanol–water partition coefficient (Wildman–Crippen LogP) is 1.80. The molecule has 1 saturated heterocycles. The van der Waals surface area contributed by atoms with Crippen molar-refractivity contribution in [2.24, 2.45) is 17.3 Å². The van der Waals surface area contributed by atoms with Gasteiger partial charge in [-0.25, -0.2) is 8.42 Å². The van der Waals surface area contributed by atoms with Gasteiger partial charge in [0, 0.05) is 4.87 Å². The molecule has 0 aromatic heterocycles. The van der Waals surface area contributed by atoms with Crippen LogP contribution in [0, 0.1) is 17.3 Å². The molecule has 4 aliphatic carbocycles. The van der Waals surface area contributed by atoms with Crippen molar-refractivity contribution in [3.05, 3.63) is 0 Å². The second-order valence-electron chi connectivity index (χ2n) is 9.42. The monoisotopic (exact) mass is 403 g/mol. The van der Waals surface area contributed by atoms with Crippen molar-refractivity contribution in [1.82, 2.24) is 5.32 Å². The third-order valence-corrected chi connectivity index (χ3v) is 9.05. The van der Waals surface area contributed by atoms with E-state index in [1.807, 2.05) is 0 Å². The molecule has 5 rings (SSSR count). The molecule has 1 heterocycles. The average Bonchev–Trinajstić information content (AvgIpc) is 2.75. The molecule has 4 bridgehead atoms. The van der Waals surface area contributed by atoms with E-state index in [4.69, 9.17) is 16.3 Å². The standard InChI is InChI=1S/C18H26ClNO5S/c1-16(2-3-26(23,24)11-16)20-14(21)9-25-15(22)17-5-12-4-13(6-17)8-18(19,7-12)10-17/h12-13H,2-11H2,1H3,(H,20,21)/t12-,13+,16-,17?,18?/m0/s1. The van der Waals surface area contributed by atoms with Crippen LogP contribution in [0.4, 0.5) is 0 Å². The Bertz CT molecular complexity index is 737. The zero-order valence-corrected chi connectivity index (χ0v) is 16.6. The summed E-state index contributed by atoms with van der Waals surface area (Å²) in [5, 5.41) is 2.73. The van der Waals surface area contributed by atoms with Gasteiger partial charge >= 0.3 is 5.97 Å². The van der Waals surface area contributed by atoms with E-state index in [-0.39, 0.29) is 29.0 Å². The van der Waals surface area contributed by atoms with Gasteiger partial charge in [0.1, 0.15) is 0 Å². The Morgan fingerprint density at radius 1 is 1.19 bits per heavy atom. The molecule has 8 heteroatoms. The van der Waals surface area contributed by atoms with Crippen LogP contribution in [0.2, 0.25) is 0 Å². The molecule has 1 amide bonds. The summed E-state index contributed by atoms with van der Waals surface area (Å²) >= 11 is 6.74. The van der Waals surface area contributed by atoms with Crippen molar-refractivity contribution in [2.75, 3.05) is 18.1 Å². The third-order valence-electron chi connectivity index (χ3n) is 6.70. The SMILES string of the molecule is C[C@]1(NC(=O)COC(=O)C23C[C@@H]4C[C@@H](CC(Cl)(C4)C2)C3)CCS(=O)(=O)C1. The van der Waals surface area contributed by atoms with Crippen LogP contribution in [0.15, 0.2) is 0 Å². The number of rotatable bonds is 4. The minimum atomic E-state index is -3.11. The first-order valence-corrected chi connectivity index (χ1v) is 11.6. The molecular weight excluding hydrogens is 378 g/mol. The molecule has 5 aliphatic rings. The first-order valence-electron chi connectivity index (χ1n) is 9.38. The molecule has 1 aliphatic heterocycles. The number of alkyl halides is 1. The summed E-state index contributed by atoms with van der Waals surface area (Å²) in [7, 11) is -3.11. The molecule has 0 radical (unpaired) electrons. The Balaban J connectivity index is 1.35. The van der Waals surface area contributed by atoms with Gasteiger partial charge in [-0.2, -0.15) is 0 Å². The van der Waals surface area contributed by atoms with E-state index in [0.717, 1.165) is 32.1 Å². The van der Waals surface area contributed by atoms with E-state index in [1.165, 1.54) is 0 Å². The summed E-state index contributed by atoms with van der Waals surface area (Å²) in [5.74, 6) is 0.226. The van der Waals surface area contributed by atoms with Crippen molar-refractivity contribution in [3.63, 3.8) is 0 Å². The van der Waals surface area contributed by atoms with E-state index in [0.29, 0.717) is 24.7 Å². The molecule has 0 spiro atoms. The summed E-state index contributed by atoms with van der Waals surface area (Å²) in [6.07, 6.45) is 5.77. The van der Waals surface area contributed by atoms with Gasteiger partial charge in [-0.05, 0) is 63.7 Å². The number of carbonyl (C=O) groups excluding carboxylic acids is 2. The minimum Gasteiger partial charge on any atom is -0.455 e. The number of carbonyl (C=O) groups is 2. The predicted molar refractivity (Wildman–Crippen MR) is 96.5 cm³/mol. The van der Waals surface area contributed by atoms with Crippen molar-refractivity contribution in [1.29, 1.82) is 0 Å². The second-order valence-corrected chi connectivity index (χ2v) is 12.4. The molecule has 5 atom stereocenters. The number of halogens is 1. The quantitative estimate of drug-likeness (QED) is 0.571. The highest BCUT2D eigenvalue weighted by atomic mass is 35.5. The Hall–Kier alpha value is -0.820. The van der Waals surface area contributed by atoms with Crippen LogP contribution in [0.25, 0.3) is 0 Å². The van der Waals surface area contributed by atoms with Crippen molar-refractivity contribution < 1.29 is 22.7 Å². The first-order chi connectivity index (χ1) is 12.0. The molecule has 146 valence electrons. The van der Waals surface area contributed by atoms with Crippen molar-refractivity contribution >= 4 is 33.3 Å². The highest BCUT2D eigenvalue weighted by molar-refractivity contribution is 7.91. The fourth-order valence-corrected chi connectivity index (χ4v) is 8.94. The number of amides is 1. The number of hydrogen-bond acceptors (Lipinski definition) is 5. The number of sulfone groups is 1. The highest BCUT2D eigenvalue weighted by Gasteiger charge is 2.60. The van der Waals surface area contributed by atoms with Gasteiger partial charge in [0.15, 0.2) is 16.4 Å². The minimum absolute atomic E-state index is 0.0677. The van der Waals surface area contributed by atoms with Gasteiger partial charge in [-0.3, -0.25) is 9.59 Å². The number of nitrogens with one attached hydrogen (secondary N) is 1. The van der Waals surface area contributed by atoms with Crippen molar-refractivity contribution in [2.45, 2.75) is 62.3 Å². The Morgan fingerprint density at radius 2 is 1.85 bits per heavy atom. The largest absolute Gasteiger partial charge is 0.455 e. The van der Waals surface area contributed by atoms with Gasteiger partial charge in [0.25, 0.3) is 5.91 Å². The van der Waals surface area contributed by atoms with Crippen LogP contribution in [0.3, 0.4) is 0 Å². The summed E-state index contributed by atoms with van der Waals surface area (Å²) in [4.78, 5) is 24.7. The van der Waals surface area contributed by atoms with Crippen LogP contribution in [-0.2, 0) is 24.2 Å². The molecule has 2 unspecified atom stereocenters. The van der Waals surface area contributed by atoms with E-state index in [9.17, 15) is 18.0 Å². The Kier molecular flexibility index (Phi) is 4.16. The van der Waals surface area contributed by atoms with Crippen molar-refractivity contribution in [3.8, 4) is 0 Å². The zero-order chi connectivity index (χ0) is 18.8. The summed E-state index contributed by atoms with van der Waals surface area (Å²) in [6.45, 7) is 1.36. The maximum atomic E-state index is 12.8. The van der Waals surface area contributed by atoms with Gasteiger partial charge in [0.2, 0.25) is 0 Å². The van der Waals surface area contributed by atoms with E-state index < -0.39 is 26.7 Å². The van der Waals surface area contributed by atoms with E-state index >= 15 is 0 Å². The molecule has 4 saturated carbocycles. The average molecular weight is 404 g/mol. The maximum absolute atomic E-state index is 12.8. The lowest BCUT2D eigenvalue weighted by molar-refractivity contribution is -0.172. The molecular formula is C18H26ClNO5S. The highest BCUT2D eigenvalue weighted by Crippen LogP contribution is 2.64. The van der Waals surface area contributed by atoms with Gasteiger partial charge in [-0.1, -0.05) is 0 Å². The molecule has 26 heavy (non-hydrogen) atoms. The summed E-state index contributed by atoms with van der Waals surface area (Å²) < 4.78 is 28.7. The van der Waals surface area contributed by atoms with Gasteiger partial charge < -0.3 is 10.1 Å². The first kappa shape index (κ1) is 18.5. The van der Waals surface area contributed by atoms with Crippen LogP contribution in [-0.4, -0.2) is 48.8 Å². The molecule has 0 aromatic rings. The topological polar surface area (TPSA) is 89.5 Å². The third kappa shape index (κ3) is 3.37. The van der Waals surface area contributed by atoms with Gasteiger partial charge in [0.05, 0.1) is 22.5 Å². The number of esters is 1. The fourth-order valence-electron chi connectivity index (χ4n) is 6.16. The lowest BCUT2D eigenvalue weighted by Crippen LogP contribution is -2.56. The zero-order valence-electron chi connectivity index (χ0n) is 15.1. The number of hydrogen-bond donors (Lipinski definition) is 1. The molecule has 5 fully saturated rings. The molecule has 6 nitrogen and oxygen atoms in total. The van der Waals surface area contributed by atoms with Crippen LogP contribution in [0.1, 0.15) is 51.9 Å². The lowest BCUT2D eigenvalue weighted by atomic mass is 9.49. The van der Waals surface area contributed by atoms with Gasteiger partial charge in [-0.15, -0.1) is 11.6 Å². The van der Waals surface area contributed by atoms with Crippen LogP contribution < -0.4 is 5.32 Å². The smallest absolute Gasteiger partial charge is 0.312 e. The van der Waals surface area contributed by atoms with E-state index in [1.54, 1.807) is 6.92 Å². The Labute approximate surface area is 159 Å². The summed E-state index contributed by atoms with van der Waals surface area (Å²) in [5.41, 5.74) is -1.31. The second kappa shape index (κ2) is 5.84. The van der Waals surface area contributed by atoms with E-state index in [2.05, 4.69) is 5.32 Å². The van der Waals surface area contributed by atoms with Crippen LogP contribution in [0.5, 0.6) is 0 Å². The molecule has 1 N–H and O–H groups in total. The normalized spacial score (nSPS) is 45.5. The van der Waals surface area contributed by atoms with Crippen LogP contribution >= 0.6 is 11.6 Å². The molecule has 0 aromatic carbocycles. The maximum Gasteiger partial charge on any atom is 0.312 e. The summed E-state index contributed by atoms with van der Waals surface area (Å²) in [6, 6.07) is 0. The fraction of sp³-hybridized carbons (Fsp3) is 0.889.